The number of nitrogens with one attached hydrogen (secondary N) is 1. The molecule has 1 amide bonds. The Morgan fingerprint density at radius 2 is 1.93 bits per heavy atom. The Morgan fingerprint density at radius 1 is 1.22 bits per heavy atom. The predicted molar refractivity (Wildman–Crippen MR) is 106 cm³/mol. The van der Waals surface area contributed by atoms with Crippen LogP contribution in [0.3, 0.4) is 0 Å². The van der Waals surface area contributed by atoms with Gasteiger partial charge in [-0.05, 0) is 84.0 Å². The van der Waals surface area contributed by atoms with E-state index in [1.807, 2.05) is 35.3 Å². The minimum absolute atomic E-state index is 0.0548. The molecule has 142 valence electrons. The molecule has 0 aliphatic heterocycles. The number of carbonyl (C=O) groups excluding carboxylic acids is 1. The van der Waals surface area contributed by atoms with E-state index in [1.54, 1.807) is 0 Å². The van der Waals surface area contributed by atoms with Gasteiger partial charge in [-0.15, -0.1) is 5.10 Å². The molecular weight excluding hydrogens is 428 g/mol. The number of halogens is 2. The van der Waals surface area contributed by atoms with Crippen molar-refractivity contribution < 1.29 is 4.79 Å². The van der Waals surface area contributed by atoms with Crippen LogP contribution in [0.1, 0.15) is 44.1 Å². The van der Waals surface area contributed by atoms with Crippen molar-refractivity contribution in [3.05, 3.63) is 45.9 Å². The highest BCUT2D eigenvalue weighted by molar-refractivity contribution is 9.10. The summed E-state index contributed by atoms with van der Waals surface area (Å²) in [6.45, 7) is 0.551. The van der Waals surface area contributed by atoms with Gasteiger partial charge in [-0.25, -0.2) is 9.67 Å². The largest absolute Gasteiger partial charge is 0.352 e. The molecule has 7 heteroatoms. The van der Waals surface area contributed by atoms with Crippen molar-refractivity contribution in [1.29, 1.82) is 0 Å². The molecule has 0 unspecified atom stereocenters. The van der Waals surface area contributed by atoms with Gasteiger partial charge in [0.25, 0.3) is 0 Å². The van der Waals surface area contributed by atoms with Crippen LogP contribution in [0.4, 0.5) is 0 Å². The number of hydrogen-bond donors (Lipinski definition) is 1. The van der Waals surface area contributed by atoms with Crippen LogP contribution in [0.5, 0.6) is 0 Å². The van der Waals surface area contributed by atoms with Crippen LogP contribution in [0, 0.1) is 17.3 Å². The van der Waals surface area contributed by atoms with Crippen LogP contribution >= 0.6 is 27.5 Å². The summed E-state index contributed by atoms with van der Waals surface area (Å²) in [5.41, 5.74) is 0.753. The van der Waals surface area contributed by atoms with Crippen molar-refractivity contribution in [2.75, 3.05) is 0 Å². The summed E-state index contributed by atoms with van der Waals surface area (Å²) in [7, 11) is 0. The molecule has 0 spiro atoms. The van der Waals surface area contributed by atoms with E-state index in [1.165, 1.54) is 6.42 Å². The van der Waals surface area contributed by atoms with Gasteiger partial charge >= 0.3 is 0 Å². The minimum Gasteiger partial charge on any atom is -0.352 e. The third-order valence-electron chi connectivity index (χ3n) is 6.83. The number of nitrogens with zero attached hydrogens (tertiary/aromatic N) is 3. The third-order valence-corrected chi connectivity index (χ3v) is 7.44. The highest BCUT2D eigenvalue weighted by atomic mass is 79.9. The molecule has 4 aliphatic rings. The van der Waals surface area contributed by atoms with Gasteiger partial charge in [-0.3, -0.25) is 4.79 Å². The Bertz CT molecular complexity index is 866. The zero-order chi connectivity index (χ0) is 18.6. The molecule has 4 saturated carbocycles. The van der Waals surface area contributed by atoms with E-state index in [0.717, 1.165) is 37.7 Å². The van der Waals surface area contributed by atoms with Crippen molar-refractivity contribution >= 4 is 33.4 Å². The molecule has 4 bridgehead atoms. The van der Waals surface area contributed by atoms with E-state index in [2.05, 4.69) is 31.3 Å². The molecule has 27 heavy (non-hydrogen) atoms. The van der Waals surface area contributed by atoms with Gasteiger partial charge in [-0.2, -0.15) is 0 Å². The molecule has 2 aromatic rings. The van der Waals surface area contributed by atoms with Crippen molar-refractivity contribution in [2.24, 2.45) is 17.3 Å². The lowest BCUT2D eigenvalue weighted by molar-refractivity contribution is -0.156. The first kappa shape index (κ1) is 17.7. The number of hydrogen-bond acceptors (Lipinski definition) is 3. The maximum absolute atomic E-state index is 13.3. The lowest BCUT2D eigenvalue weighted by Gasteiger charge is -2.60. The normalized spacial score (nSPS) is 34.0. The number of carbonyl (C=O) groups is 1. The van der Waals surface area contributed by atoms with Crippen LogP contribution in [0.15, 0.2) is 35.3 Å². The molecule has 0 radical (unpaired) electrons. The van der Waals surface area contributed by atoms with E-state index in [9.17, 15) is 4.79 Å². The molecule has 1 aromatic carbocycles. The van der Waals surface area contributed by atoms with Gasteiger partial charge < -0.3 is 5.32 Å². The van der Waals surface area contributed by atoms with E-state index in [-0.39, 0.29) is 16.9 Å². The molecule has 1 N–H and O–H groups in total. The second kappa shape index (κ2) is 6.31. The lowest BCUT2D eigenvalue weighted by atomic mass is 9.46. The molecule has 1 aromatic heterocycles. The van der Waals surface area contributed by atoms with Gasteiger partial charge in [0.1, 0.15) is 6.33 Å². The maximum Gasteiger partial charge on any atom is 0.226 e. The van der Waals surface area contributed by atoms with Crippen molar-refractivity contribution in [3.8, 4) is 0 Å². The Labute approximate surface area is 172 Å². The quantitative estimate of drug-likeness (QED) is 0.757. The Morgan fingerprint density at radius 3 is 2.56 bits per heavy atom. The zero-order valence-corrected chi connectivity index (χ0v) is 17.3. The molecule has 1 heterocycles. The fourth-order valence-corrected chi connectivity index (χ4v) is 6.58. The summed E-state index contributed by atoms with van der Waals surface area (Å²) in [5, 5.41) is 8.50. The molecule has 6 rings (SSSR count). The first-order chi connectivity index (χ1) is 13.0. The Hall–Kier alpha value is -1.40. The molecule has 4 aliphatic carbocycles. The summed E-state index contributed by atoms with van der Waals surface area (Å²) in [6.07, 6.45) is 8.20. The van der Waals surface area contributed by atoms with E-state index in [4.69, 9.17) is 11.6 Å². The highest BCUT2D eigenvalue weighted by Gasteiger charge is 2.61. The van der Waals surface area contributed by atoms with E-state index < -0.39 is 0 Å². The maximum atomic E-state index is 13.3. The van der Waals surface area contributed by atoms with Gasteiger partial charge in [0, 0.05) is 11.6 Å². The Balaban J connectivity index is 1.38. The molecule has 0 saturated heterocycles. The second-order valence-electron chi connectivity index (χ2n) is 8.73. The van der Waals surface area contributed by atoms with Crippen LogP contribution < -0.4 is 5.32 Å². The smallest absolute Gasteiger partial charge is 0.226 e. The zero-order valence-electron chi connectivity index (χ0n) is 15.0. The van der Waals surface area contributed by atoms with Gasteiger partial charge in [0.05, 0.1) is 11.0 Å². The summed E-state index contributed by atoms with van der Waals surface area (Å²) in [6, 6.07) is 7.67. The fourth-order valence-electron chi connectivity index (χ4n) is 6.19. The molecule has 4 fully saturated rings. The SMILES string of the molecule is O=C(NCc1ccc(Cl)cc1)C12C[C@@H]3C[C@@H](C1)CC(n1cnc(Br)n1)(C3)C2. The average Bonchev–Trinajstić information content (AvgIpc) is 3.07. The highest BCUT2D eigenvalue weighted by Crippen LogP contribution is 2.64. The first-order valence-electron chi connectivity index (χ1n) is 9.57. The third kappa shape index (κ3) is 3.01. The monoisotopic (exact) mass is 448 g/mol. The number of benzene rings is 1. The van der Waals surface area contributed by atoms with Crippen molar-refractivity contribution in [3.63, 3.8) is 0 Å². The topological polar surface area (TPSA) is 59.8 Å². The predicted octanol–water partition coefficient (Wildman–Crippen LogP) is 4.31. The minimum atomic E-state index is -0.269. The molecule has 2 atom stereocenters. The fraction of sp³-hybridized carbons (Fsp3) is 0.550. The van der Waals surface area contributed by atoms with Gasteiger partial charge in [-0.1, -0.05) is 23.7 Å². The number of rotatable bonds is 4. The number of aromatic nitrogens is 3. The van der Waals surface area contributed by atoms with E-state index in [0.29, 0.717) is 28.1 Å². The lowest BCUT2D eigenvalue weighted by Crippen LogP contribution is -2.61. The second-order valence-corrected chi connectivity index (χ2v) is 9.88. The van der Waals surface area contributed by atoms with Crippen LogP contribution in [0.25, 0.3) is 0 Å². The first-order valence-corrected chi connectivity index (χ1v) is 10.7. The molecule has 5 nitrogen and oxygen atoms in total. The van der Waals surface area contributed by atoms with Crippen LogP contribution in [-0.2, 0) is 16.9 Å². The summed E-state index contributed by atoms with van der Waals surface area (Å²) in [4.78, 5) is 17.6. The average molecular weight is 450 g/mol. The van der Waals surface area contributed by atoms with Crippen LogP contribution in [-0.4, -0.2) is 20.7 Å². The Kier molecular flexibility index (Phi) is 4.13. The molecular formula is C20H22BrClN4O. The van der Waals surface area contributed by atoms with Gasteiger partial charge in [0.2, 0.25) is 10.6 Å². The van der Waals surface area contributed by atoms with Crippen LogP contribution in [0.2, 0.25) is 5.02 Å². The summed E-state index contributed by atoms with van der Waals surface area (Å²) < 4.78 is 2.66. The summed E-state index contributed by atoms with van der Waals surface area (Å²) in [5.74, 6) is 1.42. The van der Waals surface area contributed by atoms with Crippen molar-refractivity contribution in [2.45, 2.75) is 50.6 Å². The standard InChI is InChI=1S/C20H22BrClN4O/c21-18-24-12-26(25-18)20-8-14-5-15(9-20)7-19(6-14,11-20)17(27)23-10-13-1-3-16(22)4-2-13/h1-4,12,14-15H,5-11H2,(H,23,27)/t14-,15-,19?,20?/m0/s1. The van der Waals surface area contributed by atoms with Gasteiger partial charge in [0.15, 0.2) is 0 Å². The van der Waals surface area contributed by atoms with E-state index >= 15 is 0 Å². The number of amides is 1. The summed E-state index contributed by atoms with van der Waals surface area (Å²) >= 11 is 9.33. The van der Waals surface area contributed by atoms with Crippen molar-refractivity contribution in [1.82, 2.24) is 20.1 Å².